The van der Waals surface area contributed by atoms with E-state index >= 15 is 0 Å². The standard InChI is InChI=1S/C12H26N2O2S/c1-10(2)13-8-12-6-5-7-14(9-12)17(15,16)11(3)4/h10-13H,5-9H2,1-4H3. The largest absolute Gasteiger partial charge is 0.314 e. The summed E-state index contributed by atoms with van der Waals surface area (Å²) in [4.78, 5) is 0. The van der Waals surface area contributed by atoms with Crippen LogP contribution in [0.15, 0.2) is 0 Å². The van der Waals surface area contributed by atoms with E-state index < -0.39 is 10.0 Å². The molecule has 1 unspecified atom stereocenters. The maximum Gasteiger partial charge on any atom is 0.216 e. The monoisotopic (exact) mass is 262 g/mol. The molecule has 1 aliphatic heterocycles. The molecule has 17 heavy (non-hydrogen) atoms. The van der Waals surface area contributed by atoms with Crippen molar-refractivity contribution in [1.29, 1.82) is 0 Å². The van der Waals surface area contributed by atoms with Crippen molar-refractivity contribution in [2.75, 3.05) is 19.6 Å². The first-order chi connectivity index (χ1) is 7.84. The Morgan fingerprint density at radius 1 is 1.29 bits per heavy atom. The van der Waals surface area contributed by atoms with Crippen LogP contribution in [0.5, 0.6) is 0 Å². The van der Waals surface area contributed by atoms with Gasteiger partial charge in [-0.15, -0.1) is 0 Å². The van der Waals surface area contributed by atoms with Crippen LogP contribution in [0.2, 0.25) is 0 Å². The number of hydrogen-bond acceptors (Lipinski definition) is 3. The van der Waals surface area contributed by atoms with Crippen LogP contribution in [0.3, 0.4) is 0 Å². The number of hydrogen-bond donors (Lipinski definition) is 1. The van der Waals surface area contributed by atoms with Gasteiger partial charge in [0.1, 0.15) is 0 Å². The Bertz CT molecular complexity index is 325. The lowest BCUT2D eigenvalue weighted by Crippen LogP contribution is -2.45. The number of nitrogens with zero attached hydrogens (tertiary/aromatic N) is 1. The molecule has 1 N–H and O–H groups in total. The maximum atomic E-state index is 12.1. The van der Waals surface area contributed by atoms with Gasteiger partial charge in [0.2, 0.25) is 10.0 Å². The van der Waals surface area contributed by atoms with Crippen molar-refractivity contribution < 1.29 is 8.42 Å². The smallest absolute Gasteiger partial charge is 0.216 e. The van der Waals surface area contributed by atoms with E-state index in [1.807, 2.05) is 0 Å². The minimum Gasteiger partial charge on any atom is -0.314 e. The quantitative estimate of drug-likeness (QED) is 0.815. The molecular formula is C12H26N2O2S. The van der Waals surface area contributed by atoms with Gasteiger partial charge in [-0.25, -0.2) is 12.7 Å². The SMILES string of the molecule is CC(C)NCC1CCCN(S(=O)(=O)C(C)C)C1. The lowest BCUT2D eigenvalue weighted by Gasteiger charge is -2.33. The maximum absolute atomic E-state index is 12.1. The highest BCUT2D eigenvalue weighted by Crippen LogP contribution is 2.20. The molecule has 5 heteroatoms. The Morgan fingerprint density at radius 2 is 1.94 bits per heavy atom. The molecule has 0 aromatic carbocycles. The fraction of sp³-hybridized carbons (Fsp3) is 1.00. The predicted molar refractivity (Wildman–Crippen MR) is 71.5 cm³/mol. The molecule has 0 bridgehead atoms. The van der Waals surface area contributed by atoms with Crippen molar-refractivity contribution in [2.45, 2.75) is 51.8 Å². The van der Waals surface area contributed by atoms with Crippen LogP contribution in [0, 0.1) is 5.92 Å². The fourth-order valence-electron chi connectivity index (χ4n) is 2.13. The number of rotatable bonds is 5. The summed E-state index contributed by atoms with van der Waals surface area (Å²) in [6.07, 6.45) is 2.11. The van der Waals surface area contributed by atoms with Crippen molar-refractivity contribution in [3.63, 3.8) is 0 Å². The second-order valence-electron chi connectivity index (χ2n) is 5.52. The second-order valence-corrected chi connectivity index (χ2v) is 8.01. The zero-order chi connectivity index (χ0) is 13.1. The Labute approximate surface area is 106 Å². The molecule has 1 rings (SSSR count). The van der Waals surface area contributed by atoms with Gasteiger partial charge in [0, 0.05) is 19.1 Å². The highest BCUT2D eigenvalue weighted by Gasteiger charge is 2.30. The zero-order valence-corrected chi connectivity index (χ0v) is 12.3. The van der Waals surface area contributed by atoms with Gasteiger partial charge in [-0.05, 0) is 39.2 Å². The first-order valence-corrected chi connectivity index (χ1v) is 8.06. The van der Waals surface area contributed by atoms with Crippen LogP contribution in [0.1, 0.15) is 40.5 Å². The summed E-state index contributed by atoms with van der Waals surface area (Å²) in [6, 6.07) is 0.465. The summed E-state index contributed by atoms with van der Waals surface area (Å²) in [5, 5.41) is 3.09. The lowest BCUT2D eigenvalue weighted by molar-refractivity contribution is 0.255. The molecule has 1 saturated heterocycles. The molecule has 1 atom stereocenters. The first-order valence-electron chi connectivity index (χ1n) is 6.56. The molecule has 0 aromatic heterocycles. The van der Waals surface area contributed by atoms with E-state index in [-0.39, 0.29) is 5.25 Å². The molecule has 0 saturated carbocycles. The van der Waals surface area contributed by atoms with Crippen molar-refractivity contribution in [3.8, 4) is 0 Å². The minimum atomic E-state index is -3.07. The van der Waals surface area contributed by atoms with Crippen LogP contribution in [0.25, 0.3) is 0 Å². The number of sulfonamides is 1. The Morgan fingerprint density at radius 3 is 2.47 bits per heavy atom. The van der Waals surface area contributed by atoms with Crippen molar-refractivity contribution in [1.82, 2.24) is 9.62 Å². The highest BCUT2D eigenvalue weighted by molar-refractivity contribution is 7.89. The molecular weight excluding hydrogens is 236 g/mol. The van der Waals surface area contributed by atoms with Crippen LogP contribution < -0.4 is 5.32 Å². The molecule has 0 aliphatic carbocycles. The highest BCUT2D eigenvalue weighted by atomic mass is 32.2. The van der Waals surface area contributed by atoms with E-state index in [1.165, 1.54) is 0 Å². The topological polar surface area (TPSA) is 49.4 Å². The summed E-state index contributed by atoms with van der Waals surface area (Å²) < 4.78 is 25.8. The number of piperidine rings is 1. The normalized spacial score (nSPS) is 23.5. The summed E-state index contributed by atoms with van der Waals surface area (Å²) in [5.74, 6) is 0.458. The molecule has 1 aliphatic rings. The van der Waals surface area contributed by atoms with Crippen molar-refractivity contribution in [3.05, 3.63) is 0 Å². The average molecular weight is 262 g/mol. The van der Waals surface area contributed by atoms with Gasteiger partial charge < -0.3 is 5.32 Å². The molecule has 102 valence electrons. The van der Waals surface area contributed by atoms with E-state index in [2.05, 4.69) is 19.2 Å². The minimum absolute atomic E-state index is 0.306. The van der Waals surface area contributed by atoms with E-state index in [0.29, 0.717) is 25.0 Å². The van der Waals surface area contributed by atoms with Gasteiger partial charge in [-0.1, -0.05) is 13.8 Å². The van der Waals surface area contributed by atoms with Crippen molar-refractivity contribution in [2.24, 2.45) is 5.92 Å². The average Bonchev–Trinajstić information content (AvgIpc) is 2.26. The Kier molecular flexibility index (Phi) is 5.41. The van der Waals surface area contributed by atoms with Gasteiger partial charge in [-0.2, -0.15) is 0 Å². The van der Waals surface area contributed by atoms with Crippen LogP contribution in [-0.2, 0) is 10.0 Å². The summed E-state index contributed by atoms with van der Waals surface area (Å²) in [7, 11) is -3.07. The van der Waals surface area contributed by atoms with Gasteiger partial charge in [0.15, 0.2) is 0 Å². The van der Waals surface area contributed by atoms with Gasteiger partial charge in [-0.3, -0.25) is 0 Å². The van der Waals surface area contributed by atoms with Crippen LogP contribution in [-0.4, -0.2) is 43.6 Å². The Hall–Kier alpha value is -0.130. The third kappa shape index (κ3) is 4.23. The molecule has 0 aromatic rings. The zero-order valence-electron chi connectivity index (χ0n) is 11.4. The lowest BCUT2D eigenvalue weighted by atomic mass is 9.99. The third-order valence-electron chi connectivity index (χ3n) is 3.25. The number of nitrogens with one attached hydrogen (secondary N) is 1. The van der Waals surface area contributed by atoms with E-state index in [9.17, 15) is 8.42 Å². The fourth-order valence-corrected chi connectivity index (χ4v) is 3.52. The molecule has 0 spiro atoms. The van der Waals surface area contributed by atoms with E-state index in [1.54, 1.807) is 18.2 Å². The molecule has 1 heterocycles. The van der Waals surface area contributed by atoms with Crippen LogP contribution >= 0.6 is 0 Å². The predicted octanol–water partition coefficient (Wildman–Crippen LogP) is 1.43. The summed E-state index contributed by atoms with van der Waals surface area (Å²) in [5.41, 5.74) is 0. The molecule has 0 radical (unpaired) electrons. The van der Waals surface area contributed by atoms with Gasteiger partial charge in [0.25, 0.3) is 0 Å². The van der Waals surface area contributed by atoms with Gasteiger partial charge in [0.05, 0.1) is 5.25 Å². The third-order valence-corrected chi connectivity index (χ3v) is 5.49. The van der Waals surface area contributed by atoms with Crippen molar-refractivity contribution >= 4 is 10.0 Å². The summed E-state index contributed by atoms with van der Waals surface area (Å²) >= 11 is 0. The molecule has 0 amide bonds. The Balaban J connectivity index is 2.55. The van der Waals surface area contributed by atoms with Crippen LogP contribution in [0.4, 0.5) is 0 Å². The van der Waals surface area contributed by atoms with E-state index in [0.717, 1.165) is 19.4 Å². The van der Waals surface area contributed by atoms with Gasteiger partial charge >= 0.3 is 0 Å². The molecule has 1 fully saturated rings. The molecule has 4 nitrogen and oxygen atoms in total. The van der Waals surface area contributed by atoms with E-state index in [4.69, 9.17) is 0 Å². The summed E-state index contributed by atoms with van der Waals surface area (Å²) in [6.45, 7) is 10.0. The second kappa shape index (κ2) is 6.16. The first kappa shape index (κ1) is 14.9.